The number of hydrogen-bond donors (Lipinski definition) is 0. The van der Waals surface area contributed by atoms with Crippen molar-refractivity contribution in [1.82, 2.24) is 4.90 Å². The van der Waals surface area contributed by atoms with Gasteiger partial charge in [-0.25, -0.2) is 4.39 Å². The van der Waals surface area contributed by atoms with E-state index >= 15 is 0 Å². The van der Waals surface area contributed by atoms with E-state index < -0.39 is 5.82 Å². The number of halogens is 1. The summed E-state index contributed by atoms with van der Waals surface area (Å²) in [5.74, 6) is -0.120. The third-order valence-corrected chi connectivity index (χ3v) is 4.40. The minimum Gasteiger partial charge on any atom is -0.497 e. The summed E-state index contributed by atoms with van der Waals surface area (Å²) >= 11 is 0. The van der Waals surface area contributed by atoms with Crippen LogP contribution in [-0.2, 0) is 9.47 Å². The first kappa shape index (κ1) is 18.4. The van der Waals surface area contributed by atoms with Gasteiger partial charge in [0.25, 0.3) is 5.91 Å². The van der Waals surface area contributed by atoms with E-state index in [0.29, 0.717) is 31.9 Å². The zero-order valence-corrected chi connectivity index (χ0v) is 14.9. The normalized spacial score (nSPS) is 17.2. The first-order valence-corrected chi connectivity index (χ1v) is 8.46. The van der Waals surface area contributed by atoms with Gasteiger partial charge in [0.05, 0.1) is 32.0 Å². The molecule has 1 fully saturated rings. The summed E-state index contributed by atoms with van der Waals surface area (Å²) in [5.41, 5.74) is 1.64. The van der Waals surface area contributed by atoms with Crippen LogP contribution in [0.25, 0.3) is 11.1 Å². The van der Waals surface area contributed by atoms with Crippen molar-refractivity contribution in [3.63, 3.8) is 0 Å². The summed E-state index contributed by atoms with van der Waals surface area (Å²) in [5, 5.41) is 0. The van der Waals surface area contributed by atoms with Crippen LogP contribution in [0.5, 0.6) is 5.75 Å². The summed E-state index contributed by atoms with van der Waals surface area (Å²) in [4.78, 5) is 14.3. The number of hydrogen-bond acceptors (Lipinski definition) is 4. The highest BCUT2D eigenvalue weighted by molar-refractivity contribution is 5.95. The van der Waals surface area contributed by atoms with Crippen molar-refractivity contribution >= 4 is 5.91 Å². The summed E-state index contributed by atoms with van der Waals surface area (Å²) in [7, 11) is 3.18. The molecule has 1 saturated heterocycles. The Morgan fingerprint density at radius 3 is 2.58 bits per heavy atom. The van der Waals surface area contributed by atoms with Crippen molar-refractivity contribution in [1.29, 1.82) is 0 Å². The van der Waals surface area contributed by atoms with Gasteiger partial charge in [-0.05, 0) is 35.4 Å². The van der Waals surface area contributed by atoms with Crippen LogP contribution in [0.15, 0.2) is 42.5 Å². The van der Waals surface area contributed by atoms with Gasteiger partial charge >= 0.3 is 0 Å². The Morgan fingerprint density at radius 1 is 1.19 bits per heavy atom. The number of carbonyl (C=O) groups is 1. The van der Waals surface area contributed by atoms with E-state index in [9.17, 15) is 9.18 Å². The molecule has 2 aromatic carbocycles. The van der Waals surface area contributed by atoms with Gasteiger partial charge in [0.15, 0.2) is 0 Å². The Hall–Kier alpha value is -2.44. The molecule has 0 N–H and O–H groups in total. The molecule has 1 aliphatic heterocycles. The van der Waals surface area contributed by atoms with E-state index in [1.54, 1.807) is 25.2 Å². The SMILES string of the molecule is COCC1CN(C(=O)c2ccc(-c3ccc(OC)cc3)cc2F)CCO1. The van der Waals surface area contributed by atoms with Crippen molar-refractivity contribution < 1.29 is 23.4 Å². The summed E-state index contributed by atoms with van der Waals surface area (Å²) in [6.45, 7) is 1.67. The lowest BCUT2D eigenvalue weighted by molar-refractivity contribution is -0.0531. The fourth-order valence-electron chi connectivity index (χ4n) is 3.01. The monoisotopic (exact) mass is 359 g/mol. The third-order valence-electron chi connectivity index (χ3n) is 4.40. The smallest absolute Gasteiger partial charge is 0.256 e. The van der Waals surface area contributed by atoms with Gasteiger partial charge in [-0.15, -0.1) is 0 Å². The average molecular weight is 359 g/mol. The second-order valence-corrected chi connectivity index (χ2v) is 6.12. The Morgan fingerprint density at radius 2 is 1.92 bits per heavy atom. The molecule has 0 aliphatic carbocycles. The highest BCUT2D eigenvalue weighted by Crippen LogP contribution is 2.25. The summed E-state index contributed by atoms with van der Waals surface area (Å²) in [6.07, 6.45) is -0.181. The quantitative estimate of drug-likeness (QED) is 0.823. The molecule has 138 valence electrons. The molecule has 1 aliphatic rings. The number of rotatable bonds is 5. The molecule has 0 spiro atoms. The molecule has 0 aromatic heterocycles. The van der Waals surface area contributed by atoms with Crippen molar-refractivity contribution in [2.24, 2.45) is 0 Å². The van der Waals surface area contributed by atoms with E-state index in [4.69, 9.17) is 14.2 Å². The number of morpholine rings is 1. The maximum Gasteiger partial charge on any atom is 0.256 e. The molecule has 1 unspecified atom stereocenters. The Labute approximate surface area is 152 Å². The maximum atomic E-state index is 14.6. The minimum absolute atomic E-state index is 0.0697. The fraction of sp³-hybridized carbons (Fsp3) is 0.350. The van der Waals surface area contributed by atoms with Gasteiger partial charge in [-0.2, -0.15) is 0 Å². The van der Waals surface area contributed by atoms with Gasteiger partial charge in [-0.3, -0.25) is 4.79 Å². The van der Waals surface area contributed by atoms with E-state index in [1.807, 2.05) is 24.3 Å². The predicted octanol–water partition coefficient (Wildman–Crippen LogP) is 2.99. The van der Waals surface area contributed by atoms with Crippen LogP contribution in [-0.4, -0.2) is 57.4 Å². The van der Waals surface area contributed by atoms with Gasteiger partial charge in [0, 0.05) is 20.2 Å². The molecule has 0 bridgehead atoms. The van der Waals surface area contributed by atoms with E-state index in [2.05, 4.69) is 0 Å². The molecule has 26 heavy (non-hydrogen) atoms. The lowest BCUT2D eigenvalue weighted by atomic mass is 10.0. The molecule has 1 heterocycles. The number of ether oxygens (including phenoxy) is 3. The van der Waals surface area contributed by atoms with Crippen LogP contribution in [0.2, 0.25) is 0 Å². The summed E-state index contributed by atoms with van der Waals surface area (Å²) < 4.78 is 30.3. The van der Waals surface area contributed by atoms with Crippen LogP contribution in [0.4, 0.5) is 4.39 Å². The van der Waals surface area contributed by atoms with Crippen molar-refractivity contribution in [2.75, 3.05) is 40.5 Å². The third kappa shape index (κ3) is 4.03. The van der Waals surface area contributed by atoms with Crippen molar-refractivity contribution in [2.45, 2.75) is 6.10 Å². The predicted molar refractivity (Wildman–Crippen MR) is 95.9 cm³/mol. The molecule has 1 amide bonds. The topological polar surface area (TPSA) is 48.0 Å². The largest absolute Gasteiger partial charge is 0.497 e. The van der Waals surface area contributed by atoms with Crippen LogP contribution in [0, 0.1) is 5.82 Å². The number of amides is 1. The van der Waals surface area contributed by atoms with E-state index in [1.165, 1.54) is 12.1 Å². The zero-order valence-electron chi connectivity index (χ0n) is 14.9. The number of nitrogens with zero attached hydrogens (tertiary/aromatic N) is 1. The van der Waals surface area contributed by atoms with Crippen LogP contribution in [0.1, 0.15) is 10.4 Å². The molecule has 3 rings (SSSR count). The number of benzene rings is 2. The molecule has 5 nitrogen and oxygen atoms in total. The minimum atomic E-state index is -0.530. The van der Waals surface area contributed by atoms with Crippen LogP contribution < -0.4 is 4.74 Å². The lowest BCUT2D eigenvalue weighted by Crippen LogP contribution is -2.47. The maximum absolute atomic E-state index is 14.6. The second kappa shape index (κ2) is 8.29. The number of carbonyl (C=O) groups excluding carboxylic acids is 1. The Kier molecular flexibility index (Phi) is 5.85. The van der Waals surface area contributed by atoms with Gasteiger partial charge in [0.1, 0.15) is 11.6 Å². The van der Waals surface area contributed by atoms with Crippen LogP contribution in [0.3, 0.4) is 0 Å². The van der Waals surface area contributed by atoms with E-state index in [-0.39, 0.29) is 17.6 Å². The first-order valence-electron chi connectivity index (χ1n) is 8.46. The average Bonchev–Trinajstić information content (AvgIpc) is 2.68. The molecule has 1 atom stereocenters. The Balaban J connectivity index is 1.77. The molecule has 0 radical (unpaired) electrons. The van der Waals surface area contributed by atoms with E-state index in [0.717, 1.165) is 11.3 Å². The number of methoxy groups -OCH3 is 2. The first-order chi connectivity index (χ1) is 12.6. The summed E-state index contributed by atoms with van der Waals surface area (Å²) in [6, 6.07) is 12.0. The molecule has 2 aromatic rings. The standard InChI is InChI=1S/C20H22FNO4/c1-24-13-17-12-22(9-10-26-17)20(23)18-8-5-15(11-19(18)21)14-3-6-16(25-2)7-4-14/h3-8,11,17H,9-10,12-13H2,1-2H3. The van der Waals surface area contributed by atoms with Gasteiger partial charge in [-0.1, -0.05) is 18.2 Å². The van der Waals surface area contributed by atoms with Crippen molar-refractivity contribution in [3.05, 3.63) is 53.8 Å². The molecule has 0 saturated carbocycles. The highest BCUT2D eigenvalue weighted by Gasteiger charge is 2.26. The molecular formula is C20H22FNO4. The highest BCUT2D eigenvalue weighted by atomic mass is 19.1. The Bertz CT molecular complexity index is 761. The van der Waals surface area contributed by atoms with Gasteiger partial charge < -0.3 is 19.1 Å². The second-order valence-electron chi connectivity index (χ2n) is 6.12. The zero-order chi connectivity index (χ0) is 18.5. The molecular weight excluding hydrogens is 337 g/mol. The molecule has 6 heteroatoms. The lowest BCUT2D eigenvalue weighted by Gasteiger charge is -2.32. The van der Waals surface area contributed by atoms with Gasteiger partial charge in [0.2, 0.25) is 0 Å². The fourth-order valence-corrected chi connectivity index (χ4v) is 3.01. The van der Waals surface area contributed by atoms with Crippen LogP contribution >= 0.6 is 0 Å². The van der Waals surface area contributed by atoms with Crippen molar-refractivity contribution in [3.8, 4) is 16.9 Å².